The quantitative estimate of drug-likeness (QED) is 0.853. The van der Waals surface area contributed by atoms with Gasteiger partial charge in [-0.3, -0.25) is 0 Å². The van der Waals surface area contributed by atoms with Gasteiger partial charge in [-0.1, -0.05) is 0 Å². The first-order valence-corrected chi connectivity index (χ1v) is 6.87. The highest BCUT2D eigenvalue weighted by Crippen LogP contribution is 2.37. The van der Waals surface area contributed by atoms with Crippen LogP contribution in [0, 0.1) is 0 Å². The molecule has 2 fully saturated rings. The minimum absolute atomic E-state index is 0.0788. The van der Waals surface area contributed by atoms with Crippen molar-refractivity contribution in [3.63, 3.8) is 0 Å². The number of anilines is 1. The highest BCUT2D eigenvalue weighted by Gasteiger charge is 2.41. The van der Waals surface area contributed by atoms with Crippen molar-refractivity contribution in [1.29, 1.82) is 0 Å². The van der Waals surface area contributed by atoms with Gasteiger partial charge in [0.2, 0.25) is 0 Å². The molecule has 2 atom stereocenters. The van der Waals surface area contributed by atoms with Crippen LogP contribution in [0.15, 0.2) is 29.1 Å². The Balaban J connectivity index is 1.79. The molecule has 2 bridgehead atoms. The molecule has 2 aromatic heterocycles. The summed E-state index contributed by atoms with van der Waals surface area (Å²) in [5.41, 5.74) is -0.612. The molecule has 2 aliphatic heterocycles. The Bertz CT molecular complexity index is 687. The van der Waals surface area contributed by atoms with Crippen LogP contribution in [0.25, 0.3) is 11.5 Å². The Labute approximate surface area is 123 Å². The van der Waals surface area contributed by atoms with E-state index in [-0.39, 0.29) is 23.6 Å². The molecule has 4 rings (SSSR count). The molecule has 4 heterocycles. The first kappa shape index (κ1) is 13.6. The lowest BCUT2D eigenvalue weighted by molar-refractivity contribution is -0.137. The molecule has 0 spiro atoms. The molecule has 0 amide bonds. The van der Waals surface area contributed by atoms with E-state index >= 15 is 0 Å². The fourth-order valence-corrected chi connectivity index (χ4v) is 2.98. The maximum atomic E-state index is 13.1. The summed E-state index contributed by atoms with van der Waals surface area (Å²) in [6.07, 6.45) is -1.01. The minimum Gasteiger partial charge on any atom is -0.442 e. The molecule has 0 saturated carbocycles. The van der Waals surface area contributed by atoms with Gasteiger partial charge >= 0.3 is 6.18 Å². The van der Waals surface area contributed by atoms with Crippen molar-refractivity contribution in [2.24, 2.45) is 0 Å². The van der Waals surface area contributed by atoms with Crippen molar-refractivity contribution >= 4 is 5.82 Å². The molecular weight excluding hydrogens is 299 g/mol. The predicted molar refractivity (Wildman–Crippen MR) is 70.2 cm³/mol. The number of hydrogen-bond donors (Lipinski definition) is 0. The van der Waals surface area contributed by atoms with Crippen LogP contribution in [-0.2, 0) is 10.9 Å². The Morgan fingerprint density at radius 2 is 2.14 bits per heavy atom. The predicted octanol–water partition coefficient (Wildman–Crippen LogP) is 2.73. The lowest BCUT2D eigenvalue weighted by Gasteiger charge is -2.28. The molecule has 0 aromatic carbocycles. The van der Waals surface area contributed by atoms with Gasteiger partial charge in [0.05, 0.1) is 30.5 Å². The summed E-state index contributed by atoms with van der Waals surface area (Å²) in [6, 6.07) is 2.15. The number of hydrogen-bond acceptors (Lipinski definition) is 5. The molecule has 0 radical (unpaired) electrons. The summed E-state index contributed by atoms with van der Waals surface area (Å²) in [5, 5.41) is 0. The third kappa shape index (κ3) is 2.23. The van der Waals surface area contributed by atoms with E-state index in [9.17, 15) is 13.2 Å². The summed E-state index contributed by atoms with van der Waals surface area (Å²) in [7, 11) is 0. The fourth-order valence-electron chi connectivity index (χ4n) is 2.98. The zero-order valence-corrected chi connectivity index (χ0v) is 11.4. The molecule has 5 nitrogen and oxygen atoms in total. The number of nitrogens with zero attached hydrogens (tertiary/aromatic N) is 3. The zero-order valence-electron chi connectivity index (χ0n) is 11.4. The van der Waals surface area contributed by atoms with Crippen molar-refractivity contribution in [3.8, 4) is 11.5 Å². The van der Waals surface area contributed by atoms with E-state index in [1.54, 1.807) is 0 Å². The Morgan fingerprint density at radius 1 is 1.27 bits per heavy atom. The number of morpholine rings is 1. The highest BCUT2D eigenvalue weighted by molar-refractivity contribution is 5.58. The standard InChI is InChI=1S/C14H12F3N3O2/c15-14(16,17)8-1-11(12-4-18-7-22-12)19-13(2-8)20-5-10-3-9(20)6-21-10/h1-2,4,7,9-10H,3,5-6H2/t9-,10-/m0/s1. The Kier molecular flexibility index (Phi) is 2.90. The monoisotopic (exact) mass is 311 g/mol. The van der Waals surface area contributed by atoms with Gasteiger partial charge in [-0.2, -0.15) is 13.2 Å². The molecule has 2 saturated heterocycles. The van der Waals surface area contributed by atoms with E-state index in [2.05, 4.69) is 9.97 Å². The largest absolute Gasteiger partial charge is 0.442 e. The minimum atomic E-state index is -4.44. The molecule has 0 unspecified atom stereocenters. The number of rotatable bonds is 2. The second-order valence-electron chi connectivity index (χ2n) is 5.46. The van der Waals surface area contributed by atoms with Gasteiger partial charge in [0, 0.05) is 6.54 Å². The van der Waals surface area contributed by atoms with Crippen molar-refractivity contribution in [2.75, 3.05) is 18.1 Å². The first-order valence-electron chi connectivity index (χ1n) is 6.87. The molecule has 8 heteroatoms. The van der Waals surface area contributed by atoms with Crippen LogP contribution in [0.5, 0.6) is 0 Å². The topological polar surface area (TPSA) is 51.4 Å². The third-order valence-corrected chi connectivity index (χ3v) is 4.02. The summed E-state index contributed by atoms with van der Waals surface area (Å²) in [6.45, 7) is 1.09. The SMILES string of the molecule is FC(F)(F)c1cc(-c2cnco2)nc(N2C[C@@H]3C[C@H]2CO3)c1. The van der Waals surface area contributed by atoms with Gasteiger partial charge in [0.1, 0.15) is 11.5 Å². The van der Waals surface area contributed by atoms with Gasteiger partial charge in [-0.15, -0.1) is 0 Å². The Hall–Kier alpha value is -2.09. The van der Waals surface area contributed by atoms with Gasteiger partial charge in [0.15, 0.2) is 12.2 Å². The van der Waals surface area contributed by atoms with Gasteiger partial charge in [-0.05, 0) is 18.6 Å². The van der Waals surface area contributed by atoms with Crippen LogP contribution in [0.3, 0.4) is 0 Å². The maximum absolute atomic E-state index is 13.1. The van der Waals surface area contributed by atoms with E-state index in [0.29, 0.717) is 19.0 Å². The van der Waals surface area contributed by atoms with Crippen molar-refractivity contribution in [3.05, 3.63) is 30.3 Å². The second kappa shape index (κ2) is 4.70. The zero-order chi connectivity index (χ0) is 15.3. The van der Waals surface area contributed by atoms with Crippen LogP contribution in [-0.4, -0.2) is 35.3 Å². The number of fused-ring (bicyclic) bond motifs is 2. The number of pyridine rings is 1. The number of oxazole rings is 1. The van der Waals surface area contributed by atoms with Gasteiger partial charge in [-0.25, -0.2) is 9.97 Å². The summed E-state index contributed by atoms with van der Waals surface area (Å²) < 4.78 is 50.0. The first-order chi connectivity index (χ1) is 10.5. The molecular formula is C14H12F3N3O2. The molecule has 2 aromatic rings. The lowest BCUT2D eigenvalue weighted by Crippen LogP contribution is -2.37. The van der Waals surface area contributed by atoms with Gasteiger partial charge < -0.3 is 14.1 Å². The third-order valence-electron chi connectivity index (χ3n) is 4.02. The normalized spacial score (nSPS) is 24.2. The van der Waals surface area contributed by atoms with E-state index in [0.717, 1.165) is 18.6 Å². The average molecular weight is 311 g/mol. The molecule has 0 N–H and O–H groups in total. The van der Waals surface area contributed by atoms with Crippen LogP contribution in [0.4, 0.5) is 19.0 Å². The lowest BCUT2D eigenvalue weighted by atomic mass is 10.1. The molecule has 116 valence electrons. The summed E-state index contributed by atoms with van der Waals surface area (Å²) >= 11 is 0. The highest BCUT2D eigenvalue weighted by atomic mass is 19.4. The van der Waals surface area contributed by atoms with Gasteiger partial charge in [0.25, 0.3) is 0 Å². The van der Waals surface area contributed by atoms with Crippen LogP contribution < -0.4 is 4.90 Å². The van der Waals surface area contributed by atoms with Crippen molar-refractivity contribution < 1.29 is 22.3 Å². The number of halogens is 3. The van der Waals surface area contributed by atoms with E-state index < -0.39 is 11.7 Å². The van der Waals surface area contributed by atoms with E-state index in [4.69, 9.17) is 9.15 Å². The molecule has 22 heavy (non-hydrogen) atoms. The Morgan fingerprint density at radius 3 is 2.73 bits per heavy atom. The average Bonchev–Trinajstić information content (AvgIpc) is 3.22. The number of ether oxygens (including phenoxy) is 1. The molecule has 2 aliphatic rings. The second-order valence-corrected chi connectivity index (χ2v) is 5.46. The summed E-state index contributed by atoms with van der Waals surface area (Å²) in [4.78, 5) is 9.94. The maximum Gasteiger partial charge on any atom is 0.416 e. The van der Waals surface area contributed by atoms with E-state index in [1.165, 1.54) is 12.6 Å². The molecule has 0 aliphatic carbocycles. The van der Waals surface area contributed by atoms with Crippen molar-refractivity contribution in [2.45, 2.75) is 24.7 Å². The fraction of sp³-hybridized carbons (Fsp3) is 0.429. The number of alkyl halides is 3. The van der Waals surface area contributed by atoms with E-state index in [1.807, 2.05) is 4.90 Å². The van der Waals surface area contributed by atoms with Crippen molar-refractivity contribution in [1.82, 2.24) is 9.97 Å². The van der Waals surface area contributed by atoms with Crippen LogP contribution in [0.2, 0.25) is 0 Å². The van der Waals surface area contributed by atoms with Crippen LogP contribution >= 0.6 is 0 Å². The smallest absolute Gasteiger partial charge is 0.416 e. The number of aromatic nitrogens is 2. The van der Waals surface area contributed by atoms with Crippen LogP contribution in [0.1, 0.15) is 12.0 Å². The summed E-state index contributed by atoms with van der Waals surface area (Å²) in [5.74, 6) is 0.519.